The summed E-state index contributed by atoms with van der Waals surface area (Å²) in [4.78, 5) is 11.3. The highest BCUT2D eigenvalue weighted by molar-refractivity contribution is 5.77. The molecule has 1 aliphatic rings. The van der Waals surface area contributed by atoms with Gasteiger partial charge in [-0.2, -0.15) is 0 Å². The van der Waals surface area contributed by atoms with Crippen LogP contribution in [0.2, 0.25) is 0 Å². The van der Waals surface area contributed by atoms with Crippen molar-refractivity contribution in [3.05, 3.63) is 34.9 Å². The van der Waals surface area contributed by atoms with Gasteiger partial charge in [-0.3, -0.25) is 4.79 Å². The Bertz CT molecular complexity index is 576. The highest BCUT2D eigenvalue weighted by Crippen LogP contribution is 2.50. The Morgan fingerprint density at radius 3 is 2.36 bits per heavy atom. The van der Waals surface area contributed by atoms with E-state index in [9.17, 15) is 9.90 Å². The highest BCUT2D eigenvalue weighted by atomic mass is 16.4. The van der Waals surface area contributed by atoms with Gasteiger partial charge in [0.05, 0.1) is 5.41 Å². The van der Waals surface area contributed by atoms with Crippen molar-refractivity contribution in [2.45, 2.75) is 91.9 Å². The molecule has 0 atom stereocenters. The molecule has 1 N–H and O–H groups in total. The minimum atomic E-state index is -0.581. The number of rotatable bonds is 10. The van der Waals surface area contributed by atoms with Crippen LogP contribution in [0.4, 0.5) is 0 Å². The van der Waals surface area contributed by atoms with Crippen molar-refractivity contribution in [1.29, 1.82) is 0 Å². The molecule has 0 radical (unpaired) electrons. The zero-order valence-electron chi connectivity index (χ0n) is 16.7. The lowest BCUT2D eigenvalue weighted by molar-refractivity contribution is -0.143. The van der Waals surface area contributed by atoms with Crippen LogP contribution in [0.5, 0.6) is 0 Å². The molecule has 0 aliphatic heterocycles. The maximum absolute atomic E-state index is 11.3. The summed E-state index contributed by atoms with van der Waals surface area (Å²) in [5.41, 5.74) is 4.49. The van der Waals surface area contributed by atoms with E-state index in [4.69, 9.17) is 0 Å². The normalized spacial score (nSPS) is 16.0. The molecule has 0 heterocycles. The zero-order valence-corrected chi connectivity index (χ0v) is 16.7. The molecule has 2 nitrogen and oxygen atoms in total. The fraction of sp³-hybridized carbons (Fsp3) is 0.696. The molecule has 25 heavy (non-hydrogen) atoms. The van der Waals surface area contributed by atoms with Crippen LogP contribution in [-0.2, 0) is 17.6 Å². The first-order valence-electron chi connectivity index (χ1n) is 10.0. The van der Waals surface area contributed by atoms with Gasteiger partial charge in [-0.1, -0.05) is 51.8 Å². The lowest BCUT2D eigenvalue weighted by atomic mass is 9.88. The Kier molecular flexibility index (Phi) is 6.71. The summed E-state index contributed by atoms with van der Waals surface area (Å²) in [6.45, 7) is 9.16. The Morgan fingerprint density at radius 1 is 1.08 bits per heavy atom. The van der Waals surface area contributed by atoms with Crippen LogP contribution in [-0.4, -0.2) is 11.1 Å². The quantitative estimate of drug-likeness (QED) is 0.503. The van der Waals surface area contributed by atoms with Gasteiger partial charge in [0, 0.05) is 0 Å². The topological polar surface area (TPSA) is 37.3 Å². The summed E-state index contributed by atoms with van der Waals surface area (Å²) >= 11 is 0. The van der Waals surface area contributed by atoms with Crippen molar-refractivity contribution >= 4 is 5.97 Å². The Labute approximate surface area is 154 Å². The number of unbranched alkanes of at least 4 members (excludes halogenated alkanes) is 2. The van der Waals surface area contributed by atoms with Crippen LogP contribution in [0.15, 0.2) is 18.2 Å². The lowest BCUT2D eigenvalue weighted by Gasteiger charge is -2.18. The van der Waals surface area contributed by atoms with Crippen molar-refractivity contribution in [1.82, 2.24) is 0 Å². The second kappa shape index (κ2) is 8.38. The fourth-order valence-electron chi connectivity index (χ4n) is 3.81. The van der Waals surface area contributed by atoms with Gasteiger partial charge in [0.1, 0.15) is 0 Å². The molecule has 0 unspecified atom stereocenters. The zero-order chi connectivity index (χ0) is 18.5. The van der Waals surface area contributed by atoms with Crippen molar-refractivity contribution in [3.8, 4) is 0 Å². The minimum Gasteiger partial charge on any atom is -0.481 e. The van der Waals surface area contributed by atoms with Gasteiger partial charge >= 0.3 is 5.97 Å². The van der Waals surface area contributed by atoms with Crippen LogP contribution >= 0.6 is 0 Å². The van der Waals surface area contributed by atoms with E-state index in [1.165, 1.54) is 42.4 Å². The van der Waals surface area contributed by atoms with E-state index < -0.39 is 5.97 Å². The largest absolute Gasteiger partial charge is 0.481 e. The molecule has 1 aromatic rings. The minimum absolute atomic E-state index is 0.360. The highest BCUT2D eigenvalue weighted by Gasteiger charge is 2.49. The summed E-state index contributed by atoms with van der Waals surface area (Å²) in [6, 6.07) is 6.69. The monoisotopic (exact) mass is 344 g/mol. The lowest BCUT2D eigenvalue weighted by Crippen LogP contribution is -2.14. The number of aliphatic carboxylic acids is 1. The van der Waals surface area contributed by atoms with E-state index in [1.54, 1.807) is 0 Å². The van der Waals surface area contributed by atoms with E-state index in [1.807, 2.05) is 0 Å². The molecule has 0 aromatic heterocycles. The van der Waals surface area contributed by atoms with E-state index in [2.05, 4.69) is 45.9 Å². The molecule has 0 spiro atoms. The summed E-state index contributed by atoms with van der Waals surface area (Å²) in [6.07, 6.45) is 10.9. The third-order valence-electron chi connectivity index (χ3n) is 5.77. The van der Waals surface area contributed by atoms with Gasteiger partial charge in [0.2, 0.25) is 0 Å². The molecular weight excluding hydrogens is 308 g/mol. The summed E-state index contributed by atoms with van der Waals surface area (Å²) in [7, 11) is 0. The number of carboxylic acid groups (broad SMARTS) is 1. The molecule has 140 valence electrons. The predicted molar refractivity (Wildman–Crippen MR) is 105 cm³/mol. The van der Waals surface area contributed by atoms with Crippen LogP contribution in [0.1, 0.15) is 88.8 Å². The van der Waals surface area contributed by atoms with E-state index in [-0.39, 0.29) is 5.41 Å². The summed E-state index contributed by atoms with van der Waals surface area (Å²) in [5.74, 6) is -0.581. The molecular formula is C23H36O2. The maximum atomic E-state index is 11.3. The van der Waals surface area contributed by atoms with Gasteiger partial charge in [-0.25, -0.2) is 0 Å². The van der Waals surface area contributed by atoms with Crippen LogP contribution < -0.4 is 0 Å². The Morgan fingerprint density at radius 2 is 1.76 bits per heavy atom. The maximum Gasteiger partial charge on any atom is 0.309 e. The Hall–Kier alpha value is -1.31. The first-order valence-corrected chi connectivity index (χ1v) is 10.0. The van der Waals surface area contributed by atoms with Crippen molar-refractivity contribution < 1.29 is 9.90 Å². The average Bonchev–Trinajstić information content (AvgIpc) is 3.30. The summed E-state index contributed by atoms with van der Waals surface area (Å²) in [5, 5.41) is 9.29. The second-order valence-electron chi connectivity index (χ2n) is 9.27. The fourth-order valence-corrected chi connectivity index (χ4v) is 3.81. The number of hydrogen-bond acceptors (Lipinski definition) is 1. The number of carboxylic acids is 1. The van der Waals surface area contributed by atoms with Crippen molar-refractivity contribution in [3.63, 3.8) is 0 Å². The summed E-state index contributed by atoms with van der Waals surface area (Å²) < 4.78 is 0. The molecule has 0 bridgehead atoms. The van der Waals surface area contributed by atoms with Gasteiger partial charge in [0.15, 0.2) is 0 Å². The smallest absolute Gasteiger partial charge is 0.309 e. The van der Waals surface area contributed by atoms with E-state index in [0.717, 1.165) is 38.5 Å². The first-order chi connectivity index (χ1) is 11.7. The van der Waals surface area contributed by atoms with Gasteiger partial charge in [0.25, 0.3) is 0 Å². The first kappa shape index (κ1) is 20.0. The third kappa shape index (κ3) is 6.17. The SMILES string of the molecule is Cc1cccc(CCCCC(C)(C)C)c1CCCCC1(C(=O)O)CC1. The second-order valence-corrected chi connectivity index (χ2v) is 9.27. The predicted octanol–water partition coefficient (Wildman–Crippen LogP) is 6.33. The molecule has 1 saturated carbocycles. The number of aryl methyl sites for hydroxylation is 2. The molecule has 0 saturated heterocycles. The molecule has 1 fully saturated rings. The Balaban J connectivity index is 1.82. The molecule has 1 aliphatic carbocycles. The van der Waals surface area contributed by atoms with Crippen LogP contribution in [0, 0.1) is 17.8 Å². The average molecular weight is 345 g/mol. The molecule has 2 rings (SSSR count). The van der Waals surface area contributed by atoms with Gasteiger partial charge in [-0.05, 0) is 80.4 Å². The van der Waals surface area contributed by atoms with Gasteiger partial charge < -0.3 is 5.11 Å². The van der Waals surface area contributed by atoms with E-state index in [0.29, 0.717) is 5.41 Å². The van der Waals surface area contributed by atoms with Crippen molar-refractivity contribution in [2.75, 3.05) is 0 Å². The van der Waals surface area contributed by atoms with E-state index >= 15 is 0 Å². The number of benzene rings is 1. The number of carbonyl (C=O) groups is 1. The van der Waals surface area contributed by atoms with Crippen molar-refractivity contribution in [2.24, 2.45) is 10.8 Å². The third-order valence-corrected chi connectivity index (χ3v) is 5.77. The molecule has 0 amide bonds. The molecule has 2 heteroatoms. The van der Waals surface area contributed by atoms with Gasteiger partial charge in [-0.15, -0.1) is 0 Å². The van der Waals surface area contributed by atoms with Crippen LogP contribution in [0.25, 0.3) is 0 Å². The number of hydrogen-bond donors (Lipinski definition) is 1. The van der Waals surface area contributed by atoms with Crippen LogP contribution in [0.3, 0.4) is 0 Å². The molecule has 1 aromatic carbocycles. The standard InChI is InChI=1S/C23H36O2/c1-18-10-9-12-19(11-5-7-14-22(2,3)4)20(18)13-6-8-15-23(16-17-23)21(24)25/h9-10,12H,5-8,11,13-17H2,1-4H3,(H,24,25).